The minimum Gasteiger partial charge on any atom is -0.0986 e. The molecule has 0 bridgehead atoms. The van der Waals surface area contributed by atoms with Crippen LogP contribution in [-0.4, -0.2) is 0 Å². The van der Waals surface area contributed by atoms with Crippen LogP contribution in [0.5, 0.6) is 0 Å². The molecule has 2 atom stereocenters. The lowest BCUT2D eigenvalue weighted by Crippen LogP contribution is -1.75. The van der Waals surface area contributed by atoms with Gasteiger partial charge in [-0.15, -0.1) is 0 Å². The average molecular weight is 310 g/mol. The molecule has 0 amide bonds. The smallest absolute Gasteiger partial charge is 0.00921 e. The molecular weight excluding hydrogens is 278 g/mol. The second-order valence-corrected chi connectivity index (χ2v) is 7.68. The van der Waals surface area contributed by atoms with Crippen molar-refractivity contribution >= 4 is 16.5 Å². The van der Waals surface area contributed by atoms with Gasteiger partial charge >= 0.3 is 0 Å². The molecule has 114 valence electrons. The molecule has 0 aliphatic heterocycles. The third-order valence-electron chi connectivity index (χ3n) is 3.17. The largest absolute Gasteiger partial charge is 0.0986 e. The standard InChI is InChI=1S/C18H32P2/c1-3-5-7-9-11-13-15-17-19-20-18-16-14-12-10-8-6-4-2/h19-20H,3-14H2,1-2H3. The Hall–Kier alpha value is -0.0200. The van der Waals surface area contributed by atoms with Crippen molar-refractivity contribution in [2.24, 2.45) is 0 Å². The van der Waals surface area contributed by atoms with Gasteiger partial charge in [-0.05, 0) is 29.4 Å². The quantitative estimate of drug-likeness (QED) is 0.221. The van der Waals surface area contributed by atoms with Crippen molar-refractivity contribution in [1.82, 2.24) is 0 Å². The Morgan fingerprint density at radius 2 is 0.950 bits per heavy atom. The summed E-state index contributed by atoms with van der Waals surface area (Å²) in [6, 6.07) is 0. The maximum Gasteiger partial charge on any atom is 0.00921 e. The lowest BCUT2D eigenvalue weighted by atomic mass is 10.1. The summed E-state index contributed by atoms with van der Waals surface area (Å²) in [5, 5.41) is 0. The van der Waals surface area contributed by atoms with E-state index in [1.165, 1.54) is 64.2 Å². The minimum atomic E-state index is 0.750. The molecule has 0 saturated carbocycles. The van der Waals surface area contributed by atoms with E-state index in [2.05, 4.69) is 37.0 Å². The highest BCUT2D eigenvalue weighted by atomic mass is 32.0. The lowest BCUT2D eigenvalue weighted by Gasteiger charge is -1.94. The van der Waals surface area contributed by atoms with Crippen molar-refractivity contribution in [1.29, 1.82) is 0 Å². The summed E-state index contributed by atoms with van der Waals surface area (Å²) in [6.45, 7) is 4.52. The van der Waals surface area contributed by atoms with Gasteiger partial charge < -0.3 is 0 Å². The molecule has 2 heteroatoms. The molecule has 0 radical (unpaired) electrons. The number of unbranched alkanes of at least 4 members (excludes halogenated alkanes) is 10. The van der Waals surface area contributed by atoms with Crippen LogP contribution in [0.4, 0.5) is 0 Å². The highest BCUT2D eigenvalue weighted by molar-refractivity contribution is 8.16. The van der Waals surface area contributed by atoms with E-state index in [9.17, 15) is 0 Å². The van der Waals surface area contributed by atoms with Crippen molar-refractivity contribution in [3.63, 3.8) is 0 Å². The maximum atomic E-state index is 3.29. The molecule has 0 aromatic rings. The van der Waals surface area contributed by atoms with Crippen LogP contribution < -0.4 is 0 Å². The highest BCUT2D eigenvalue weighted by Crippen LogP contribution is 2.33. The van der Waals surface area contributed by atoms with Crippen LogP contribution in [0.2, 0.25) is 0 Å². The minimum absolute atomic E-state index is 0.750. The van der Waals surface area contributed by atoms with Crippen LogP contribution in [0.25, 0.3) is 0 Å². The lowest BCUT2D eigenvalue weighted by molar-refractivity contribution is 0.641. The molecule has 0 spiro atoms. The van der Waals surface area contributed by atoms with Crippen molar-refractivity contribution < 1.29 is 0 Å². The van der Waals surface area contributed by atoms with Crippen molar-refractivity contribution in [3.05, 3.63) is 0 Å². The van der Waals surface area contributed by atoms with Gasteiger partial charge in [-0.3, -0.25) is 0 Å². The SMILES string of the molecule is CCCCCCCC#CPPC#CCCCCCCC. The Labute approximate surface area is 131 Å². The molecule has 0 nitrogen and oxygen atoms in total. The molecule has 0 aliphatic rings. The van der Waals surface area contributed by atoms with Gasteiger partial charge in [-0.1, -0.05) is 88.4 Å². The van der Waals surface area contributed by atoms with E-state index in [-0.39, 0.29) is 0 Å². The van der Waals surface area contributed by atoms with Gasteiger partial charge in [0, 0.05) is 12.8 Å². The first-order valence-corrected chi connectivity index (χ1v) is 11.4. The van der Waals surface area contributed by atoms with Crippen molar-refractivity contribution in [3.8, 4) is 23.2 Å². The monoisotopic (exact) mass is 310 g/mol. The second kappa shape index (κ2) is 19.0. The summed E-state index contributed by atoms with van der Waals surface area (Å²) in [5.41, 5.74) is 6.57. The summed E-state index contributed by atoms with van der Waals surface area (Å²) in [5.74, 6) is 6.58. The van der Waals surface area contributed by atoms with Crippen LogP contribution in [0.15, 0.2) is 0 Å². The van der Waals surface area contributed by atoms with E-state index in [0.29, 0.717) is 0 Å². The fraction of sp³-hybridized carbons (Fsp3) is 0.778. The van der Waals surface area contributed by atoms with Gasteiger partial charge in [0.15, 0.2) is 0 Å². The third kappa shape index (κ3) is 18.0. The summed E-state index contributed by atoms with van der Waals surface area (Å²) < 4.78 is 0. The van der Waals surface area contributed by atoms with Crippen LogP contribution >= 0.6 is 16.5 Å². The summed E-state index contributed by atoms with van der Waals surface area (Å²) >= 11 is 0. The first kappa shape index (κ1) is 20.0. The van der Waals surface area contributed by atoms with Gasteiger partial charge in [0.25, 0.3) is 0 Å². The maximum absolute atomic E-state index is 3.29. The zero-order valence-corrected chi connectivity index (χ0v) is 15.5. The van der Waals surface area contributed by atoms with Gasteiger partial charge in [-0.2, -0.15) is 0 Å². The Morgan fingerprint density at radius 1 is 0.550 bits per heavy atom. The van der Waals surface area contributed by atoms with E-state index in [1.807, 2.05) is 0 Å². The van der Waals surface area contributed by atoms with E-state index in [4.69, 9.17) is 0 Å². The normalized spacial score (nSPS) is 10.7. The van der Waals surface area contributed by atoms with Crippen LogP contribution in [0, 0.1) is 23.2 Å². The zero-order chi connectivity index (χ0) is 14.7. The van der Waals surface area contributed by atoms with Gasteiger partial charge in [0.05, 0.1) is 0 Å². The van der Waals surface area contributed by atoms with Crippen molar-refractivity contribution in [2.45, 2.75) is 90.9 Å². The Kier molecular flexibility index (Phi) is 19.0. The third-order valence-corrected chi connectivity index (χ3v) is 5.03. The fourth-order valence-corrected chi connectivity index (χ4v) is 3.37. The molecule has 0 N–H and O–H groups in total. The first-order chi connectivity index (χ1) is 9.91. The van der Waals surface area contributed by atoms with Gasteiger partial charge in [0.1, 0.15) is 0 Å². The Bertz CT molecular complexity index is 269. The first-order valence-electron chi connectivity index (χ1n) is 8.37. The highest BCUT2D eigenvalue weighted by Gasteiger charge is 1.87. The van der Waals surface area contributed by atoms with Crippen LogP contribution in [-0.2, 0) is 0 Å². The van der Waals surface area contributed by atoms with Gasteiger partial charge in [-0.25, -0.2) is 0 Å². The fourth-order valence-electron chi connectivity index (χ4n) is 1.91. The topological polar surface area (TPSA) is 0 Å². The molecule has 0 saturated heterocycles. The number of hydrogen-bond donors (Lipinski definition) is 0. The molecule has 0 fully saturated rings. The molecule has 0 aliphatic carbocycles. The average Bonchev–Trinajstić information content (AvgIpc) is 2.47. The molecule has 2 unspecified atom stereocenters. The number of rotatable bonds is 11. The van der Waals surface area contributed by atoms with Crippen LogP contribution in [0.3, 0.4) is 0 Å². The Morgan fingerprint density at radius 3 is 1.35 bits per heavy atom. The molecule has 0 aromatic heterocycles. The van der Waals surface area contributed by atoms with Crippen LogP contribution in [0.1, 0.15) is 90.9 Å². The zero-order valence-electron chi connectivity index (χ0n) is 13.5. The predicted octanol–water partition coefficient (Wildman–Crippen LogP) is 6.90. The molecule has 0 heterocycles. The predicted molar refractivity (Wildman–Crippen MR) is 98.9 cm³/mol. The summed E-state index contributed by atoms with van der Waals surface area (Å²) in [6.07, 6.45) is 15.6. The van der Waals surface area contributed by atoms with E-state index in [0.717, 1.165) is 29.4 Å². The summed E-state index contributed by atoms with van der Waals surface area (Å²) in [7, 11) is 1.50. The second-order valence-electron chi connectivity index (χ2n) is 5.18. The molecule has 0 rings (SSSR count). The number of hydrogen-bond acceptors (Lipinski definition) is 0. The van der Waals surface area contributed by atoms with E-state index in [1.54, 1.807) is 0 Å². The summed E-state index contributed by atoms with van der Waals surface area (Å²) in [4.78, 5) is 0. The Balaban J connectivity index is 3.23. The van der Waals surface area contributed by atoms with Crippen molar-refractivity contribution in [2.75, 3.05) is 0 Å². The van der Waals surface area contributed by atoms with E-state index >= 15 is 0 Å². The molecule has 20 heavy (non-hydrogen) atoms. The molecular formula is C18H32P2. The van der Waals surface area contributed by atoms with Gasteiger partial charge in [0.2, 0.25) is 0 Å². The van der Waals surface area contributed by atoms with E-state index < -0.39 is 0 Å². The molecule has 0 aromatic carbocycles.